The molecule has 2 unspecified atom stereocenters. The molecule has 9 nitrogen and oxygen atoms in total. The van der Waals surface area contributed by atoms with E-state index in [0.717, 1.165) is 47.2 Å². The second kappa shape index (κ2) is 9.33. The lowest BCUT2D eigenvalue weighted by Crippen LogP contribution is -2.56. The van der Waals surface area contributed by atoms with Gasteiger partial charge in [-0.15, -0.1) is 0 Å². The molecule has 0 saturated carbocycles. The van der Waals surface area contributed by atoms with E-state index in [1.54, 1.807) is 18.3 Å². The third kappa shape index (κ3) is 4.67. The van der Waals surface area contributed by atoms with Crippen molar-refractivity contribution < 1.29 is 14.3 Å². The lowest BCUT2D eigenvalue weighted by atomic mass is 9.98. The zero-order chi connectivity index (χ0) is 24.6. The number of hydrogen-bond donors (Lipinski definition) is 2. The van der Waals surface area contributed by atoms with Crippen LogP contribution in [0.2, 0.25) is 0 Å². The van der Waals surface area contributed by atoms with Gasteiger partial charge in [-0.3, -0.25) is 19.8 Å². The summed E-state index contributed by atoms with van der Waals surface area (Å²) in [6.07, 6.45) is 7.34. The smallest absolute Gasteiger partial charge is 0.276 e. The predicted molar refractivity (Wildman–Crippen MR) is 136 cm³/mol. The van der Waals surface area contributed by atoms with Gasteiger partial charge >= 0.3 is 0 Å². The summed E-state index contributed by atoms with van der Waals surface area (Å²) in [5, 5.41) is 10.8. The minimum absolute atomic E-state index is 0.0309. The van der Waals surface area contributed by atoms with E-state index < -0.39 is 0 Å². The van der Waals surface area contributed by atoms with Gasteiger partial charge in [0.1, 0.15) is 0 Å². The first-order valence-corrected chi connectivity index (χ1v) is 12.2. The maximum absolute atomic E-state index is 13.0. The fourth-order valence-electron chi connectivity index (χ4n) is 4.88. The number of nitrogens with zero attached hydrogens (tertiary/aromatic N) is 4. The SMILES string of the molecule is CC(C)Oc1ccc(NC(=O)c2n[nH]c3ccc(-c4cncc(CN5CC6CC(C5)O6)c4)cc23)cn1. The average Bonchev–Trinajstić information content (AvgIpc) is 3.28. The number of morpholine rings is 1. The summed E-state index contributed by atoms with van der Waals surface area (Å²) < 4.78 is 11.3. The van der Waals surface area contributed by atoms with Gasteiger partial charge in [0.2, 0.25) is 5.88 Å². The minimum atomic E-state index is -0.310. The first-order chi connectivity index (χ1) is 17.5. The molecule has 7 rings (SSSR count). The highest BCUT2D eigenvalue weighted by Crippen LogP contribution is 2.30. The molecule has 0 spiro atoms. The normalized spacial score (nSPS) is 19.3. The summed E-state index contributed by atoms with van der Waals surface area (Å²) in [6, 6.07) is 11.6. The number of aromatic amines is 1. The molecule has 0 radical (unpaired) electrons. The number of fused-ring (bicyclic) bond motifs is 3. The average molecular weight is 485 g/mol. The van der Waals surface area contributed by atoms with E-state index >= 15 is 0 Å². The second-order valence-electron chi connectivity index (χ2n) is 9.73. The van der Waals surface area contributed by atoms with Crippen molar-refractivity contribution in [2.75, 3.05) is 18.4 Å². The lowest BCUT2D eigenvalue weighted by Gasteiger charge is -2.47. The monoisotopic (exact) mass is 484 g/mol. The number of anilines is 1. The maximum atomic E-state index is 13.0. The molecule has 6 heterocycles. The molecular weight excluding hydrogens is 456 g/mol. The number of rotatable bonds is 7. The van der Waals surface area contributed by atoms with Crippen molar-refractivity contribution in [2.45, 2.75) is 45.1 Å². The molecule has 2 atom stereocenters. The van der Waals surface area contributed by atoms with E-state index in [0.29, 0.717) is 29.5 Å². The number of pyridine rings is 2. The van der Waals surface area contributed by atoms with Crippen LogP contribution in [0.4, 0.5) is 5.69 Å². The summed E-state index contributed by atoms with van der Waals surface area (Å²) in [5.74, 6) is 0.203. The van der Waals surface area contributed by atoms with Crippen molar-refractivity contribution in [3.63, 3.8) is 0 Å². The minimum Gasteiger partial charge on any atom is -0.475 e. The molecule has 3 aliphatic rings. The van der Waals surface area contributed by atoms with Crippen LogP contribution in [0.3, 0.4) is 0 Å². The van der Waals surface area contributed by atoms with Gasteiger partial charge in [-0.1, -0.05) is 6.07 Å². The van der Waals surface area contributed by atoms with Gasteiger partial charge < -0.3 is 14.8 Å². The molecule has 36 heavy (non-hydrogen) atoms. The van der Waals surface area contributed by atoms with E-state index in [9.17, 15) is 4.79 Å². The van der Waals surface area contributed by atoms with Gasteiger partial charge in [-0.25, -0.2) is 4.98 Å². The van der Waals surface area contributed by atoms with Gasteiger partial charge in [0, 0.05) is 55.5 Å². The molecule has 184 valence electrons. The quantitative estimate of drug-likeness (QED) is 0.408. The lowest BCUT2D eigenvalue weighted by molar-refractivity contribution is -0.182. The van der Waals surface area contributed by atoms with Crippen molar-refractivity contribution in [3.05, 3.63) is 66.2 Å². The predicted octanol–water partition coefficient (Wildman–Crippen LogP) is 4.03. The van der Waals surface area contributed by atoms with Crippen molar-refractivity contribution >= 4 is 22.5 Å². The van der Waals surface area contributed by atoms with Crippen LogP contribution in [0.25, 0.3) is 22.0 Å². The largest absolute Gasteiger partial charge is 0.475 e. The summed E-state index contributed by atoms with van der Waals surface area (Å²) in [7, 11) is 0. The summed E-state index contributed by atoms with van der Waals surface area (Å²) in [4.78, 5) is 24.2. The summed E-state index contributed by atoms with van der Waals surface area (Å²) in [5.41, 5.74) is 4.84. The number of carbonyl (C=O) groups excluding carboxylic acids is 1. The zero-order valence-corrected chi connectivity index (χ0v) is 20.3. The highest BCUT2D eigenvalue weighted by atomic mass is 16.5. The highest BCUT2D eigenvalue weighted by Gasteiger charge is 2.38. The van der Waals surface area contributed by atoms with Crippen LogP contribution < -0.4 is 10.1 Å². The van der Waals surface area contributed by atoms with Crippen molar-refractivity contribution in [2.24, 2.45) is 0 Å². The maximum Gasteiger partial charge on any atom is 0.276 e. The number of amides is 1. The standard InChI is InChI=1S/C27H28N6O3/c1-16(2)35-25-6-4-20(12-29-25)30-27(34)26-23-8-18(3-5-24(23)31-32-26)19-7-17(10-28-11-19)13-33-14-21-9-22(15-33)36-21/h3-8,10-12,16,21-22H,9,13-15H2,1-2H3,(H,30,34)(H,31,32). The molecule has 2 N–H and O–H groups in total. The summed E-state index contributed by atoms with van der Waals surface area (Å²) in [6.45, 7) is 6.68. The third-order valence-corrected chi connectivity index (χ3v) is 6.50. The van der Waals surface area contributed by atoms with Crippen molar-refractivity contribution in [1.29, 1.82) is 0 Å². The first-order valence-electron chi connectivity index (χ1n) is 12.2. The number of benzene rings is 1. The van der Waals surface area contributed by atoms with Crippen molar-refractivity contribution in [1.82, 2.24) is 25.1 Å². The number of nitrogens with one attached hydrogen (secondary N) is 2. The Morgan fingerprint density at radius 1 is 1.14 bits per heavy atom. The van der Waals surface area contributed by atoms with Crippen molar-refractivity contribution in [3.8, 4) is 17.0 Å². The number of H-pyrrole nitrogens is 1. The number of ether oxygens (including phenoxy) is 2. The van der Waals surface area contributed by atoms with Gasteiger partial charge in [0.25, 0.3) is 5.91 Å². The number of hydrogen-bond acceptors (Lipinski definition) is 7. The van der Waals surface area contributed by atoms with E-state index in [1.165, 1.54) is 6.42 Å². The van der Waals surface area contributed by atoms with Gasteiger partial charge in [-0.05, 0) is 49.2 Å². The van der Waals surface area contributed by atoms with Crippen LogP contribution in [0.1, 0.15) is 36.3 Å². The molecule has 0 aliphatic carbocycles. The molecular formula is C27H28N6O3. The molecule has 3 fully saturated rings. The molecule has 2 bridgehead atoms. The fraction of sp³-hybridized carbons (Fsp3) is 0.333. The Balaban J connectivity index is 1.20. The fourth-order valence-corrected chi connectivity index (χ4v) is 4.88. The Labute approximate surface area is 208 Å². The molecule has 3 aromatic heterocycles. The van der Waals surface area contributed by atoms with E-state index in [4.69, 9.17) is 9.47 Å². The zero-order valence-electron chi connectivity index (χ0n) is 20.3. The van der Waals surface area contributed by atoms with E-state index in [1.807, 2.05) is 44.4 Å². The van der Waals surface area contributed by atoms with Crippen LogP contribution >= 0.6 is 0 Å². The number of carbonyl (C=O) groups is 1. The van der Waals surface area contributed by atoms with Gasteiger partial charge in [0.05, 0.1) is 35.7 Å². The first kappa shape index (κ1) is 22.6. The molecule has 9 heteroatoms. The topological polar surface area (TPSA) is 105 Å². The Hall–Kier alpha value is -3.82. The van der Waals surface area contributed by atoms with Crippen LogP contribution in [0, 0.1) is 0 Å². The molecule has 3 aliphatic heterocycles. The van der Waals surface area contributed by atoms with Crippen LogP contribution in [0.5, 0.6) is 5.88 Å². The molecule has 4 aromatic rings. The molecule has 1 aromatic carbocycles. The second-order valence-corrected chi connectivity index (χ2v) is 9.73. The highest BCUT2D eigenvalue weighted by molar-refractivity contribution is 6.11. The Morgan fingerprint density at radius 2 is 1.97 bits per heavy atom. The van der Waals surface area contributed by atoms with Crippen LogP contribution in [-0.4, -0.2) is 62.4 Å². The Kier molecular flexibility index (Phi) is 5.86. The van der Waals surface area contributed by atoms with Gasteiger partial charge in [0.15, 0.2) is 5.69 Å². The summed E-state index contributed by atoms with van der Waals surface area (Å²) >= 11 is 0. The number of piperidine rings is 1. The third-order valence-electron chi connectivity index (χ3n) is 6.50. The van der Waals surface area contributed by atoms with Crippen LogP contribution in [0.15, 0.2) is 55.0 Å². The van der Waals surface area contributed by atoms with Crippen LogP contribution in [-0.2, 0) is 11.3 Å². The van der Waals surface area contributed by atoms with E-state index in [2.05, 4.69) is 36.4 Å². The molecule has 3 saturated heterocycles. The number of aromatic nitrogens is 4. The van der Waals surface area contributed by atoms with E-state index in [-0.39, 0.29) is 12.0 Å². The molecule has 1 amide bonds. The Bertz CT molecular complexity index is 1380. The van der Waals surface area contributed by atoms with Gasteiger partial charge in [-0.2, -0.15) is 5.10 Å². The Morgan fingerprint density at radius 3 is 2.72 bits per heavy atom.